The highest BCUT2D eigenvalue weighted by atomic mass is 16.1. The number of carbonyl (C=O) groups excluding carboxylic acids is 1. The fourth-order valence-corrected chi connectivity index (χ4v) is 2.95. The molecule has 0 aliphatic heterocycles. The fourth-order valence-electron chi connectivity index (χ4n) is 2.95. The van der Waals surface area contributed by atoms with Gasteiger partial charge in [-0.25, -0.2) is 0 Å². The van der Waals surface area contributed by atoms with Crippen molar-refractivity contribution < 1.29 is 4.79 Å². The van der Waals surface area contributed by atoms with E-state index in [4.69, 9.17) is 5.73 Å². The van der Waals surface area contributed by atoms with Gasteiger partial charge in [-0.3, -0.25) is 4.79 Å². The molecule has 0 saturated heterocycles. The number of nitrogens with one attached hydrogen (secondary N) is 2. The van der Waals surface area contributed by atoms with E-state index in [0.29, 0.717) is 13.0 Å². The monoisotopic (exact) mass is 285 g/mol. The van der Waals surface area contributed by atoms with E-state index in [9.17, 15) is 4.79 Å². The third-order valence-corrected chi connectivity index (χ3v) is 4.51. The second kappa shape index (κ2) is 5.90. The van der Waals surface area contributed by atoms with E-state index in [0.717, 1.165) is 31.2 Å². The summed E-state index contributed by atoms with van der Waals surface area (Å²) in [6.45, 7) is 0.624. The Hall–Kier alpha value is -1.81. The van der Waals surface area contributed by atoms with Gasteiger partial charge in [0.2, 0.25) is 5.91 Å². The predicted octanol–water partition coefficient (Wildman–Crippen LogP) is 2.49. The van der Waals surface area contributed by atoms with Gasteiger partial charge >= 0.3 is 0 Å². The Labute approximate surface area is 125 Å². The third-order valence-electron chi connectivity index (χ3n) is 4.51. The van der Waals surface area contributed by atoms with Gasteiger partial charge in [-0.15, -0.1) is 0 Å². The summed E-state index contributed by atoms with van der Waals surface area (Å²) >= 11 is 0. The zero-order valence-electron chi connectivity index (χ0n) is 12.3. The van der Waals surface area contributed by atoms with E-state index in [1.54, 1.807) is 0 Å². The van der Waals surface area contributed by atoms with E-state index in [-0.39, 0.29) is 11.4 Å². The lowest BCUT2D eigenvalue weighted by atomic mass is 9.78. The Balaban J connectivity index is 1.44. The largest absolute Gasteiger partial charge is 0.361 e. The van der Waals surface area contributed by atoms with Crippen molar-refractivity contribution in [3.63, 3.8) is 0 Å². The smallest absolute Gasteiger partial charge is 0.220 e. The maximum Gasteiger partial charge on any atom is 0.220 e. The van der Waals surface area contributed by atoms with Gasteiger partial charge in [0.05, 0.1) is 0 Å². The summed E-state index contributed by atoms with van der Waals surface area (Å²) in [4.78, 5) is 15.1. The number of nitrogens with two attached hydrogens (primary N) is 1. The van der Waals surface area contributed by atoms with Crippen molar-refractivity contribution in [3.05, 3.63) is 36.0 Å². The van der Waals surface area contributed by atoms with Gasteiger partial charge in [0, 0.05) is 35.6 Å². The van der Waals surface area contributed by atoms with Gasteiger partial charge in [0.1, 0.15) is 0 Å². The van der Waals surface area contributed by atoms with Gasteiger partial charge in [-0.2, -0.15) is 0 Å². The first kappa shape index (κ1) is 14.1. The Morgan fingerprint density at radius 1 is 1.33 bits per heavy atom. The highest BCUT2D eigenvalue weighted by molar-refractivity contribution is 5.83. The van der Waals surface area contributed by atoms with Crippen LogP contribution in [0.5, 0.6) is 0 Å². The molecule has 0 bridgehead atoms. The van der Waals surface area contributed by atoms with Crippen LogP contribution in [0.4, 0.5) is 0 Å². The first-order chi connectivity index (χ1) is 10.2. The SMILES string of the molecule is NC1(CNC(=O)CCCc2c[nH]c3ccccc23)CCC1. The first-order valence-electron chi connectivity index (χ1n) is 7.77. The summed E-state index contributed by atoms with van der Waals surface area (Å²) in [6.07, 6.45) is 7.65. The predicted molar refractivity (Wildman–Crippen MR) is 85.0 cm³/mol. The van der Waals surface area contributed by atoms with Crippen LogP contribution in [0.1, 0.15) is 37.7 Å². The number of carbonyl (C=O) groups is 1. The lowest BCUT2D eigenvalue weighted by Gasteiger charge is -2.38. The van der Waals surface area contributed by atoms with Gasteiger partial charge in [0.25, 0.3) is 0 Å². The Bertz CT molecular complexity index is 628. The van der Waals surface area contributed by atoms with Crippen molar-refractivity contribution >= 4 is 16.8 Å². The summed E-state index contributed by atoms with van der Waals surface area (Å²) in [7, 11) is 0. The fraction of sp³-hybridized carbons (Fsp3) is 0.471. The van der Waals surface area contributed by atoms with Crippen molar-refractivity contribution in [2.75, 3.05) is 6.54 Å². The van der Waals surface area contributed by atoms with Crippen molar-refractivity contribution in [1.29, 1.82) is 0 Å². The molecule has 21 heavy (non-hydrogen) atoms. The molecule has 4 heteroatoms. The molecule has 0 spiro atoms. The third kappa shape index (κ3) is 3.27. The quantitative estimate of drug-likeness (QED) is 0.763. The molecule has 0 atom stereocenters. The van der Waals surface area contributed by atoms with Crippen LogP contribution in [-0.2, 0) is 11.2 Å². The molecule has 1 heterocycles. The molecule has 1 aromatic heterocycles. The van der Waals surface area contributed by atoms with Crippen molar-refractivity contribution in [2.24, 2.45) is 5.73 Å². The molecule has 4 nitrogen and oxygen atoms in total. The minimum absolute atomic E-state index is 0.117. The molecule has 1 aliphatic carbocycles. The van der Waals surface area contributed by atoms with E-state index in [1.807, 2.05) is 18.3 Å². The highest BCUT2D eigenvalue weighted by Crippen LogP contribution is 2.28. The molecule has 0 radical (unpaired) electrons. The lowest BCUT2D eigenvalue weighted by Crippen LogP contribution is -2.54. The summed E-state index contributed by atoms with van der Waals surface area (Å²) in [5.41, 5.74) is 8.41. The van der Waals surface area contributed by atoms with Crippen molar-refractivity contribution in [2.45, 2.75) is 44.1 Å². The number of para-hydroxylation sites is 1. The molecule has 1 saturated carbocycles. The summed E-state index contributed by atoms with van der Waals surface area (Å²) in [5.74, 6) is 0.117. The Kier molecular flexibility index (Phi) is 3.97. The molecular weight excluding hydrogens is 262 g/mol. The maximum atomic E-state index is 11.8. The normalized spacial score (nSPS) is 16.6. The second-order valence-corrected chi connectivity index (χ2v) is 6.21. The molecule has 1 fully saturated rings. The number of fused-ring (bicyclic) bond motifs is 1. The van der Waals surface area contributed by atoms with Crippen LogP contribution in [0.2, 0.25) is 0 Å². The molecule has 1 amide bonds. The van der Waals surface area contributed by atoms with Gasteiger partial charge in [0.15, 0.2) is 0 Å². The first-order valence-corrected chi connectivity index (χ1v) is 7.77. The molecule has 112 valence electrons. The van der Waals surface area contributed by atoms with E-state index in [2.05, 4.69) is 22.4 Å². The lowest BCUT2D eigenvalue weighted by molar-refractivity contribution is -0.121. The van der Waals surface area contributed by atoms with E-state index >= 15 is 0 Å². The van der Waals surface area contributed by atoms with E-state index < -0.39 is 0 Å². The molecule has 1 aromatic carbocycles. The molecular formula is C17H23N3O. The summed E-state index contributed by atoms with van der Waals surface area (Å²) in [6, 6.07) is 8.27. The second-order valence-electron chi connectivity index (χ2n) is 6.21. The van der Waals surface area contributed by atoms with Crippen molar-refractivity contribution in [1.82, 2.24) is 10.3 Å². The number of benzene rings is 1. The minimum Gasteiger partial charge on any atom is -0.361 e. The zero-order chi connectivity index (χ0) is 14.7. The number of hydrogen-bond donors (Lipinski definition) is 3. The summed E-state index contributed by atoms with van der Waals surface area (Å²) < 4.78 is 0. The summed E-state index contributed by atoms with van der Waals surface area (Å²) in [5, 5.41) is 4.23. The van der Waals surface area contributed by atoms with Crippen LogP contribution >= 0.6 is 0 Å². The maximum absolute atomic E-state index is 11.8. The van der Waals surface area contributed by atoms with Crippen LogP contribution < -0.4 is 11.1 Å². The Morgan fingerprint density at radius 3 is 2.90 bits per heavy atom. The van der Waals surface area contributed by atoms with Crippen molar-refractivity contribution in [3.8, 4) is 0 Å². The number of aromatic amines is 1. The minimum atomic E-state index is -0.132. The molecule has 4 N–H and O–H groups in total. The number of hydrogen-bond acceptors (Lipinski definition) is 2. The van der Waals surface area contributed by atoms with Gasteiger partial charge in [-0.1, -0.05) is 18.2 Å². The van der Waals surface area contributed by atoms with Gasteiger partial charge < -0.3 is 16.0 Å². The Morgan fingerprint density at radius 2 is 2.14 bits per heavy atom. The molecule has 0 unspecified atom stereocenters. The number of rotatable bonds is 6. The van der Waals surface area contributed by atoms with E-state index in [1.165, 1.54) is 17.4 Å². The van der Waals surface area contributed by atoms with Crippen LogP contribution in [-0.4, -0.2) is 23.0 Å². The number of aryl methyl sites for hydroxylation is 1. The number of aromatic nitrogens is 1. The topological polar surface area (TPSA) is 70.9 Å². The molecule has 2 aromatic rings. The molecule has 3 rings (SSSR count). The highest BCUT2D eigenvalue weighted by Gasteiger charge is 2.32. The van der Waals surface area contributed by atoms with Crippen LogP contribution in [0.3, 0.4) is 0 Å². The zero-order valence-corrected chi connectivity index (χ0v) is 12.3. The standard InChI is InChI=1S/C17H23N3O/c18-17(9-4-10-17)12-20-16(21)8-3-5-13-11-19-15-7-2-1-6-14(13)15/h1-2,6-7,11,19H,3-5,8-10,12,18H2,(H,20,21). The van der Waals surface area contributed by atoms with Crippen LogP contribution in [0.15, 0.2) is 30.5 Å². The number of H-pyrrole nitrogens is 1. The number of amides is 1. The van der Waals surface area contributed by atoms with Crippen LogP contribution in [0, 0.1) is 0 Å². The van der Waals surface area contributed by atoms with Crippen LogP contribution in [0.25, 0.3) is 10.9 Å². The average molecular weight is 285 g/mol. The molecule has 1 aliphatic rings. The van der Waals surface area contributed by atoms with Gasteiger partial charge in [-0.05, 0) is 43.7 Å². The average Bonchev–Trinajstić information content (AvgIpc) is 2.87.